The Morgan fingerprint density at radius 2 is 1.95 bits per heavy atom. The second kappa shape index (κ2) is 6.39. The Morgan fingerprint density at radius 3 is 2.50 bits per heavy atom. The smallest absolute Gasteiger partial charge is 0.414 e. The van der Waals surface area contributed by atoms with Gasteiger partial charge >= 0.3 is 6.09 Å². The van der Waals surface area contributed by atoms with Crippen molar-refractivity contribution in [2.75, 3.05) is 25.7 Å². The van der Waals surface area contributed by atoms with Gasteiger partial charge in [0.1, 0.15) is 0 Å². The lowest BCUT2D eigenvalue weighted by Gasteiger charge is -2.32. The van der Waals surface area contributed by atoms with Crippen LogP contribution in [-0.4, -0.2) is 33.0 Å². The van der Waals surface area contributed by atoms with Crippen LogP contribution < -0.4 is 14.4 Å². The molecule has 22 heavy (non-hydrogen) atoms. The molecule has 6 nitrogen and oxygen atoms in total. The number of benzene rings is 1. The molecule has 0 unspecified atom stereocenters. The molecule has 1 aliphatic heterocycles. The average molecular weight is 302 g/mol. The fourth-order valence-corrected chi connectivity index (χ4v) is 2.46. The molecule has 0 aliphatic carbocycles. The maximum absolute atomic E-state index is 12.2. The lowest BCUT2D eigenvalue weighted by Crippen LogP contribution is -2.40. The molecular formula is C16H18N2O4. The summed E-state index contributed by atoms with van der Waals surface area (Å²) in [7, 11) is 3.04. The molecule has 0 radical (unpaired) electrons. The van der Waals surface area contributed by atoms with Crippen LogP contribution in [0.25, 0.3) is 5.57 Å². The first-order chi connectivity index (χ1) is 10.6. The summed E-state index contributed by atoms with van der Waals surface area (Å²) in [5.41, 5.74) is 1.68. The van der Waals surface area contributed by atoms with E-state index < -0.39 is 6.09 Å². The number of hydrogen-bond acceptors (Lipinski definition) is 5. The van der Waals surface area contributed by atoms with E-state index in [1.54, 1.807) is 25.1 Å². The number of rotatable bonds is 3. The van der Waals surface area contributed by atoms with Crippen molar-refractivity contribution in [2.24, 2.45) is 0 Å². The zero-order chi connectivity index (χ0) is 16.3. The standard InChI is InChI=1S/C16H18N2O4/c1-5-22-16(19)18-10(2)6-11(9-17)12-7-14(20-3)15(21-4)8-13(12)18/h6-8,10H,5H2,1-4H3/t10-/m0/s1. The SMILES string of the molecule is CCOC(=O)N1c2cc(OC)c(OC)cc2C(C#N)=C[C@@H]1C. The maximum atomic E-state index is 12.2. The van der Waals surface area contributed by atoms with E-state index in [1.165, 1.54) is 19.1 Å². The van der Waals surface area contributed by atoms with Gasteiger partial charge in [0.15, 0.2) is 11.5 Å². The predicted octanol–water partition coefficient (Wildman–Crippen LogP) is 2.98. The van der Waals surface area contributed by atoms with E-state index in [2.05, 4.69) is 6.07 Å². The third-order valence-corrected chi connectivity index (χ3v) is 3.45. The third-order valence-electron chi connectivity index (χ3n) is 3.45. The number of amides is 1. The van der Waals surface area contributed by atoms with Crippen LogP contribution in [0.15, 0.2) is 18.2 Å². The summed E-state index contributed by atoms with van der Waals surface area (Å²) in [6.07, 6.45) is 1.27. The van der Waals surface area contributed by atoms with Gasteiger partial charge in [-0.3, -0.25) is 4.90 Å². The van der Waals surface area contributed by atoms with E-state index in [0.29, 0.717) is 28.3 Å². The number of carbonyl (C=O) groups is 1. The van der Waals surface area contributed by atoms with Gasteiger partial charge in [-0.2, -0.15) is 5.26 Å². The summed E-state index contributed by atoms with van der Waals surface area (Å²) >= 11 is 0. The molecule has 0 spiro atoms. The zero-order valence-electron chi connectivity index (χ0n) is 13.0. The van der Waals surface area contributed by atoms with Crippen molar-refractivity contribution < 1.29 is 19.0 Å². The average Bonchev–Trinajstić information content (AvgIpc) is 2.52. The minimum atomic E-state index is -0.461. The highest BCUT2D eigenvalue weighted by molar-refractivity contribution is 5.99. The first-order valence-electron chi connectivity index (χ1n) is 6.91. The number of nitrogens with zero attached hydrogens (tertiary/aromatic N) is 2. The fraction of sp³-hybridized carbons (Fsp3) is 0.375. The van der Waals surface area contributed by atoms with Crippen molar-refractivity contribution in [1.29, 1.82) is 5.26 Å². The molecule has 1 amide bonds. The molecule has 116 valence electrons. The van der Waals surface area contributed by atoms with Crippen molar-refractivity contribution in [3.63, 3.8) is 0 Å². The molecule has 1 aromatic carbocycles. The molecule has 1 atom stereocenters. The molecule has 1 heterocycles. The first-order valence-corrected chi connectivity index (χ1v) is 6.91. The minimum Gasteiger partial charge on any atom is -0.493 e. The Bertz CT molecular complexity index is 661. The van der Waals surface area contributed by atoms with Gasteiger partial charge in [-0.05, 0) is 26.0 Å². The number of methoxy groups -OCH3 is 2. The van der Waals surface area contributed by atoms with Crippen LogP contribution in [-0.2, 0) is 4.74 Å². The second-order valence-electron chi connectivity index (χ2n) is 4.73. The van der Waals surface area contributed by atoms with Gasteiger partial charge in [0.2, 0.25) is 0 Å². The van der Waals surface area contributed by atoms with E-state index in [9.17, 15) is 10.1 Å². The van der Waals surface area contributed by atoms with Gasteiger partial charge in [0.25, 0.3) is 0 Å². The number of anilines is 1. The molecule has 1 aromatic rings. The van der Waals surface area contributed by atoms with Crippen LogP contribution in [0.1, 0.15) is 19.4 Å². The fourth-order valence-electron chi connectivity index (χ4n) is 2.46. The number of nitriles is 1. The Kier molecular flexibility index (Phi) is 4.56. The van der Waals surface area contributed by atoms with Crippen LogP contribution in [0.2, 0.25) is 0 Å². The Morgan fingerprint density at radius 1 is 1.32 bits per heavy atom. The van der Waals surface area contributed by atoms with Crippen molar-refractivity contribution >= 4 is 17.4 Å². The minimum absolute atomic E-state index is 0.277. The Balaban J connectivity index is 2.64. The predicted molar refractivity (Wildman–Crippen MR) is 82.1 cm³/mol. The summed E-state index contributed by atoms with van der Waals surface area (Å²) in [5.74, 6) is 0.989. The molecule has 2 rings (SSSR count). The van der Waals surface area contributed by atoms with Crippen molar-refractivity contribution in [2.45, 2.75) is 19.9 Å². The van der Waals surface area contributed by atoms with E-state index >= 15 is 0 Å². The lowest BCUT2D eigenvalue weighted by atomic mass is 9.96. The van der Waals surface area contributed by atoms with Crippen molar-refractivity contribution in [3.8, 4) is 17.6 Å². The Labute approximate surface area is 129 Å². The maximum Gasteiger partial charge on any atom is 0.414 e. The highest BCUT2D eigenvalue weighted by atomic mass is 16.6. The highest BCUT2D eigenvalue weighted by Crippen LogP contribution is 2.41. The summed E-state index contributed by atoms with van der Waals surface area (Å²) in [6, 6.07) is 5.25. The number of allylic oxidation sites excluding steroid dienone is 1. The number of ether oxygens (including phenoxy) is 3. The summed E-state index contributed by atoms with van der Waals surface area (Å²) < 4.78 is 15.7. The van der Waals surface area contributed by atoms with Gasteiger partial charge in [0, 0.05) is 11.6 Å². The zero-order valence-corrected chi connectivity index (χ0v) is 13.0. The van der Waals surface area contributed by atoms with E-state index in [4.69, 9.17) is 14.2 Å². The van der Waals surface area contributed by atoms with Crippen LogP contribution in [0.3, 0.4) is 0 Å². The monoisotopic (exact) mass is 302 g/mol. The largest absolute Gasteiger partial charge is 0.493 e. The quantitative estimate of drug-likeness (QED) is 0.858. The van der Waals surface area contributed by atoms with Gasteiger partial charge < -0.3 is 14.2 Å². The molecule has 0 bridgehead atoms. The van der Waals surface area contributed by atoms with Gasteiger partial charge in [-0.1, -0.05) is 0 Å². The van der Waals surface area contributed by atoms with Gasteiger partial charge in [0.05, 0.1) is 44.2 Å². The van der Waals surface area contributed by atoms with Crippen LogP contribution in [0, 0.1) is 11.3 Å². The summed E-state index contributed by atoms with van der Waals surface area (Å²) in [6.45, 7) is 3.85. The highest BCUT2D eigenvalue weighted by Gasteiger charge is 2.31. The number of carbonyl (C=O) groups excluding carboxylic acids is 1. The molecule has 6 heteroatoms. The third kappa shape index (κ3) is 2.58. The van der Waals surface area contributed by atoms with E-state index in [0.717, 1.165) is 0 Å². The van der Waals surface area contributed by atoms with Crippen molar-refractivity contribution in [1.82, 2.24) is 0 Å². The molecule has 0 fully saturated rings. The van der Waals surface area contributed by atoms with Crippen LogP contribution in [0.5, 0.6) is 11.5 Å². The lowest BCUT2D eigenvalue weighted by molar-refractivity contribution is 0.158. The summed E-state index contributed by atoms with van der Waals surface area (Å²) in [4.78, 5) is 13.7. The van der Waals surface area contributed by atoms with Crippen LogP contribution >= 0.6 is 0 Å². The number of hydrogen-bond donors (Lipinski definition) is 0. The van der Waals surface area contributed by atoms with E-state index in [1.807, 2.05) is 6.92 Å². The molecule has 0 saturated carbocycles. The van der Waals surface area contributed by atoms with Gasteiger partial charge in [-0.15, -0.1) is 0 Å². The second-order valence-corrected chi connectivity index (χ2v) is 4.73. The topological polar surface area (TPSA) is 71.8 Å². The molecular weight excluding hydrogens is 284 g/mol. The molecule has 0 saturated heterocycles. The number of fused-ring (bicyclic) bond motifs is 1. The van der Waals surface area contributed by atoms with Crippen molar-refractivity contribution in [3.05, 3.63) is 23.8 Å². The van der Waals surface area contributed by atoms with E-state index in [-0.39, 0.29) is 12.6 Å². The van der Waals surface area contributed by atoms with Crippen LogP contribution in [0.4, 0.5) is 10.5 Å². The molecule has 0 N–H and O–H groups in total. The summed E-state index contributed by atoms with van der Waals surface area (Å²) in [5, 5.41) is 9.35. The molecule has 1 aliphatic rings. The van der Waals surface area contributed by atoms with Gasteiger partial charge in [-0.25, -0.2) is 4.79 Å². The first kappa shape index (κ1) is 15.7. The molecule has 0 aromatic heterocycles. The normalized spacial score (nSPS) is 16.2. The Hall–Kier alpha value is -2.68.